The van der Waals surface area contributed by atoms with E-state index in [1.807, 2.05) is 18.2 Å². The number of nitrogens with two attached hydrogens (primary N) is 1. The molecule has 20 heavy (non-hydrogen) atoms. The summed E-state index contributed by atoms with van der Waals surface area (Å²) in [6.45, 7) is 2.93. The van der Waals surface area contributed by atoms with Crippen LogP contribution in [0.15, 0.2) is 33.3 Å². The van der Waals surface area contributed by atoms with Crippen molar-refractivity contribution in [1.82, 2.24) is 10.1 Å². The summed E-state index contributed by atoms with van der Waals surface area (Å²) in [4.78, 5) is 4.45. The predicted octanol–water partition coefficient (Wildman–Crippen LogP) is 3.34. The van der Waals surface area contributed by atoms with Gasteiger partial charge in [-0.05, 0) is 36.9 Å². The van der Waals surface area contributed by atoms with Gasteiger partial charge in [-0.1, -0.05) is 46.2 Å². The summed E-state index contributed by atoms with van der Waals surface area (Å²) in [5, 5.41) is 4.04. The molecule has 0 spiro atoms. The SMILES string of the molecule is CC(CCN)CCc1nc(Cc2ccccc2Br)no1. The average molecular weight is 338 g/mol. The maximum absolute atomic E-state index is 5.55. The first-order valence-electron chi connectivity index (χ1n) is 6.94. The standard InChI is InChI=1S/C15H20BrN3O/c1-11(8-9-17)6-7-15-18-14(19-20-15)10-12-4-2-3-5-13(12)16/h2-5,11H,6-10,17H2,1H3. The van der Waals surface area contributed by atoms with Gasteiger partial charge in [0.2, 0.25) is 5.89 Å². The van der Waals surface area contributed by atoms with Crippen molar-refractivity contribution in [1.29, 1.82) is 0 Å². The number of hydrogen-bond donors (Lipinski definition) is 1. The minimum absolute atomic E-state index is 0.596. The molecule has 108 valence electrons. The molecule has 1 aromatic heterocycles. The monoisotopic (exact) mass is 337 g/mol. The van der Waals surface area contributed by atoms with Crippen LogP contribution in [0, 0.1) is 5.92 Å². The summed E-state index contributed by atoms with van der Waals surface area (Å²) >= 11 is 3.53. The summed E-state index contributed by atoms with van der Waals surface area (Å²) in [5.41, 5.74) is 6.71. The second-order valence-electron chi connectivity index (χ2n) is 5.09. The van der Waals surface area contributed by atoms with Gasteiger partial charge in [0.25, 0.3) is 0 Å². The molecule has 0 aliphatic rings. The molecule has 0 aliphatic carbocycles. The fraction of sp³-hybridized carbons (Fsp3) is 0.467. The third-order valence-electron chi connectivity index (χ3n) is 3.33. The molecule has 0 saturated carbocycles. The minimum Gasteiger partial charge on any atom is -0.339 e. The van der Waals surface area contributed by atoms with Crippen molar-refractivity contribution >= 4 is 15.9 Å². The molecular formula is C15H20BrN3O. The Kier molecular flexibility index (Phi) is 5.73. The highest BCUT2D eigenvalue weighted by atomic mass is 79.9. The minimum atomic E-state index is 0.596. The molecule has 2 N–H and O–H groups in total. The van der Waals surface area contributed by atoms with Crippen LogP contribution < -0.4 is 5.73 Å². The third-order valence-corrected chi connectivity index (χ3v) is 4.10. The number of halogens is 1. The van der Waals surface area contributed by atoms with Crippen molar-refractivity contribution in [3.05, 3.63) is 46.0 Å². The fourth-order valence-electron chi connectivity index (χ4n) is 2.07. The summed E-state index contributed by atoms with van der Waals surface area (Å²) in [5.74, 6) is 2.05. The molecular weight excluding hydrogens is 318 g/mol. The molecule has 2 rings (SSSR count). The van der Waals surface area contributed by atoms with Gasteiger partial charge in [-0.25, -0.2) is 0 Å². The number of rotatable bonds is 7. The Balaban J connectivity index is 1.91. The van der Waals surface area contributed by atoms with E-state index in [9.17, 15) is 0 Å². The van der Waals surface area contributed by atoms with Gasteiger partial charge in [0.15, 0.2) is 5.82 Å². The molecule has 1 heterocycles. The van der Waals surface area contributed by atoms with E-state index in [4.69, 9.17) is 10.3 Å². The van der Waals surface area contributed by atoms with Gasteiger partial charge < -0.3 is 10.3 Å². The molecule has 0 bridgehead atoms. The Morgan fingerprint density at radius 3 is 2.85 bits per heavy atom. The molecule has 0 amide bonds. The van der Waals surface area contributed by atoms with Crippen LogP contribution in [0.4, 0.5) is 0 Å². The summed E-state index contributed by atoms with van der Waals surface area (Å²) < 4.78 is 6.37. The highest BCUT2D eigenvalue weighted by Crippen LogP contribution is 2.19. The maximum Gasteiger partial charge on any atom is 0.226 e. The molecule has 4 nitrogen and oxygen atoms in total. The highest BCUT2D eigenvalue weighted by Gasteiger charge is 2.10. The zero-order valence-electron chi connectivity index (χ0n) is 11.7. The average Bonchev–Trinajstić information content (AvgIpc) is 2.87. The van der Waals surface area contributed by atoms with E-state index in [2.05, 4.69) is 39.1 Å². The van der Waals surface area contributed by atoms with Crippen molar-refractivity contribution in [2.75, 3.05) is 6.54 Å². The van der Waals surface area contributed by atoms with Gasteiger partial charge in [-0.3, -0.25) is 0 Å². The van der Waals surface area contributed by atoms with Crippen molar-refractivity contribution < 1.29 is 4.52 Å². The van der Waals surface area contributed by atoms with Crippen LogP contribution in [0.3, 0.4) is 0 Å². The van der Waals surface area contributed by atoms with Crippen molar-refractivity contribution in [3.8, 4) is 0 Å². The molecule has 0 fully saturated rings. The lowest BCUT2D eigenvalue weighted by Crippen LogP contribution is -2.06. The van der Waals surface area contributed by atoms with Crippen LogP contribution in [-0.2, 0) is 12.8 Å². The quantitative estimate of drug-likeness (QED) is 0.841. The second kappa shape index (κ2) is 7.55. The first-order chi connectivity index (χ1) is 9.69. The number of benzene rings is 1. The zero-order chi connectivity index (χ0) is 14.4. The number of aromatic nitrogens is 2. The summed E-state index contributed by atoms with van der Waals surface area (Å²) in [6.07, 6.45) is 3.58. The number of hydrogen-bond acceptors (Lipinski definition) is 4. The Bertz CT molecular complexity index is 541. The van der Waals surface area contributed by atoms with E-state index in [-0.39, 0.29) is 0 Å². The van der Waals surface area contributed by atoms with Crippen LogP contribution in [0.2, 0.25) is 0 Å². The second-order valence-corrected chi connectivity index (χ2v) is 5.95. The smallest absolute Gasteiger partial charge is 0.226 e. The Hall–Kier alpha value is -1.20. The first kappa shape index (κ1) is 15.2. The van der Waals surface area contributed by atoms with Crippen LogP contribution in [-0.4, -0.2) is 16.7 Å². The van der Waals surface area contributed by atoms with Crippen molar-refractivity contribution in [2.24, 2.45) is 11.7 Å². The van der Waals surface area contributed by atoms with E-state index in [0.29, 0.717) is 12.3 Å². The van der Waals surface area contributed by atoms with E-state index >= 15 is 0 Å². The van der Waals surface area contributed by atoms with Crippen LogP contribution in [0.1, 0.15) is 37.0 Å². The first-order valence-corrected chi connectivity index (χ1v) is 7.73. The van der Waals surface area contributed by atoms with Crippen molar-refractivity contribution in [3.63, 3.8) is 0 Å². The number of aryl methyl sites for hydroxylation is 1. The lowest BCUT2D eigenvalue weighted by Gasteiger charge is -2.06. The highest BCUT2D eigenvalue weighted by molar-refractivity contribution is 9.10. The van der Waals surface area contributed by atoms with E-state index in [1.165, 1.54) is 0 Å². The Labute approximate surface area is 127 Å². The lowest BCUT2D eigenvalue weighted by molar-refractivity contribution is 0.358. The molecule has 5 heteroatoms. The molecule has 2 aromatic rings. The van der Waals surface area contributed by atoms with Gasteiger partial charge in [-0.2, -0.15) is 4.98 Å². The van der Waals surface area contributed by atoms with Crippen LogP contribution in [0.25, 0.3) is 0 Å². The van der Waals surface area contributed by atoms with E-state index < -0.39 is 0 Å². The molecule has 0 aliphatic heterocycles. The van der Waals surface area contributed by atoms with Gasteiger partial charge in [0.1, 0.15) is 0 Å². The van der Waals surface area contributed by atoms with Gasteiger partial charge in [0.05, 0.1) is 0 Å². The predicted molar refractivity (Wildman–Crippen MR) is 82.4 cm³/mol. The summed E-state index contributed by atoms with van der Waals surface area (Å²) in [6, 6.07) is 8.08. The molecule has 1 aromatic carbocycles. The molecule has 1 atom stereocenters. The molecule has 0 saturated heterocycles. The van der Waals surface area contributed by atoms with E-state index in [0.717, 1.165) is 47.6 Å². The Morgan fingerprint density at radius 1 is 1.30 bits per heavy atom. The lowest BCUT2D eigenvalue weighted by atomic mass is 10.0. The maximum atomic E-state index is 5.55. The van der Waals surface area contributed by atoms with E-state index in [1.54, 1.807) is 0 Å². The normalized spacial score (nSPS) is 12.6. The van der Waals surface area contributed by atoms with Crippen LogP contribution >= 0.6 is 15.9 Å². The summed E-state index contributed by atoms with van der Waals surface area (Å²) in [7, 11) is 0. The number of nitrogens with zero attached hydrogens (tertiary/aromatic N) is 2. The van der Waals surface area contributed by atoms with Gasteiger partial charge >= 0.3 is 0 Å². The molecule has 0 radical (unpaired) electrons. The zero-order valence-corrected chi connectivity index (χ0v) is 13.3. The largest absolute Gasteiger partial charge is 0.339 e. The van der Waals surface area contributed by atoms with Gasteiger partial charge in [0, 0.05) is 17.3 Å². The van der Waals surface area contributed by atoms with Gasteiger partial charge in [-0.15, -0.1) is 0 Å². The third kappa shape index (κ3) is 4.42. The van der Waals surface area contributed by atoms with Crippen molar-refractivity contribution in [2.45, 2.75) is 32.6 Å². The fourth-order valence-corrected chi connectivity index (χ4v) is 2.50. The van der Waals surface area contributed by atoms with Crippen LogP contribution in [0.5, 0.6) is 0 Å². The molecule has 1 unspecified atom stereocenters. The Morgan fingerprint density at radius 2 is 2.10 bits per heavy atom. The topological polar surface area (TPSA) is 64.9 Å².